The fourth-order valence-electron chi connectivity index (χ4n) is 4.60. The van der Waals surface area contributed by atoms with Gasteiger partial charge in [0, 0.05) is 7.05 Å². The lowest BCUT2D eigenvalue weighted by Crippen LogP contribution is -2.39. The molecule has 2 aromatic carbocycles. The van der Waals surface area contributed by atoms with Crippen molar-refractivity contribution in [3.8, 4) is 5.75 Å². The smallest absolute Gasteiger partial charge is 0.322 e. The summed E-state index contributed by atoms with van der Waals surface area (Å²) < 4.78 is 12.0. The van der Waals surface area contributed by atoms with Crippen LogP contribution in [0.5, 0.6) is 5.75 Å². The van der Waals surface area contributed by atoms with Crippen molar-refractivity contribution in [2.75, 3.05) is 14.2 Å². The van der Waals surface area contributed by atoms with E-state index in [1.54, 1.807) is 7.11 Å². The van der Waals surface area contributed by atoms with Crippen molar-refractivity contribution in [1.82, 2.24) is 9.80 Å². The number of carbonyl (C=O) groups excluding carboxylic acids is 1. The van der Waals surface area contributed by atoms with Gasteiger partial charge in [0.25, 0.3) is 0 Å². The molecule has 31 heavy (non-hydrogen) atoms. The van der Waals surface area contributed by atoms with Crippen LogP contribution in [-0.4, -0.2) is 50.3 Å². The van der Waals surface area contributed by atoms with E-state index in [0.717, 1.165) is 16.9 Å². The van der Waals surface area contributed by atoms with E-state index in [9.17, 15) is 4.79 Å². The molecule has 164 valence electrons. The lowest BCUT2D eigenvalue weighted by Gasteiger charge is -2.30. The molecule has 0 N–H and O–H groups in total. The maximum Gasteiger partial charge on any atom is 0.322 e. The number of nitrogens with zero attached hydrogens (tertiary/aromatic N) is 2. The SMILES string of the molecule is COc1ccc([C@@H]2OC(N3C(=O)N(C)[C@@H](C)[C@H]3c3ccccc3)C=C2[Si](C)(C)C)cc1. The number of ether oxygens (including phenoxy) is 2. The Kier molecular flexibility index (Phi) is 5.70. The van der Waals surface area contributed by atoms with Gasteiger partial charge < -0.3 is 14.4 Å². The molecule has 2 amide bonds. The number of carbonyl (C=O) groups is 1. The predicted octanol–water partition coefficient (Wildman–Crippen LogP) is 5.39. The van der Waals surface area contributed by atoms with Gasteiger partial charge in [0.1, 0.15) is 11.9 Å². The zero-order chi connectivity index (χ0) is 22.3. The Bertz CT molecular complexity index is 969. The molecule has 1 fully saturated rings. The van der Waals surface area contributed by atoms with Gasteiger partial charge in [-0.3, -0.25) is 4.90 Å². The second-order valence-corrected chi connectivity index (χ2v) is 14.5. The first-order valence-corrected chi connectivity index (χ1v) is 14.3. The van der Waals surface area contributed by atoms with Gasteiger partial charge in [-0.2, -0.15) is 0 Å². The van der Waals surface area contributed by atoms with Crippen LogP contribution in [-0.2, 0) is 4.74 Å². The summed E-state index contributed by atoms with van der Waals surface area (Å²) in [5.41, 5.74) is 2.23. The number of benzene rings is 2. The summed E-state index contributed by atoms with van der Waals surface area (Å²) in [4.78, 5) is 17.1. The monoisotopic (exact) mass is 436 g/mol. The summed E-state index contributed by atoms with van der Waals surface area (Å²) in [7, 11) is 1.86. The highest BCUT2D eigenvalue weighted by atomic mass is 28.3. The Hall–Kier alpha value is -2.57. The molecule has 6 heteroatoms. The minimum Gasteiger partial charge on any atom is -0.497 e. The molecule has 4 rings (SSSR count). The number of amides is 2. The number of hydrogen-bond acceptors (Lipinski definition) is 3. The summed E-state index contributed by atoms with van der Waals surface area (Å²) >= 11 is 0. The van der Waals surface area contributed by atoms with Crippen LogP contribution in [0.3, 0.4) is 0 Å². The Morgan fingerprint density at radius 1 is 0.968 bits per heavy atom. The third-order valence-corrected chi connectivity index (χ3v) is 8.63. The summed E-state index contributed by atoms with van der Waals surface area (Å²) in [6, 6.07) is 18.3. The quantitative estimate of drug-likeness (QED) is 0.590. The van der Waals surface area contributed by atoms with Gasteiger partial charge in [0.2, 0.25) is 0 Å². The van der Waals surface area contributed by atoms with E-state index in [2.05, 4.69) is 56.9 Å². The number of methoxy groups -OCH3 is 1. The molecule has 2 heterocycles. The molecule has 2 aromatic rings. The normalized spacial score (nSPS) is 26.4. The maximum atomic E-state index is 13.3. The van der Waals surface area contributed by atoms with E-state index in [0.29, 0.717) is 0 Å². The lowest BCUT2D eigenvalue weighted by atomic mass is 10.0. The molecule has 4 atom stereocenters. The number of urea groups is 1. The van der Waals surface area contributed by atoms with Crippen molar-refractivity contribution < 1.29 is 14.3 Å². The van der Waals surface area contributed by atoms with Gasteiger partial charge in [-0.1, -0.05) is 62.1 Å². The summed E-state index contributed by atoms with van der Waals surface area (Å²) in [6.07, 6.45) is 1.67. The van der Waals surface area contributed by atoms with E-state index < -0.39 is 8.07 Å². The molecule has 0 aromatic heterocycles. The molecule has 0 bridgehead atoms. The first-order valence-electron chi connectivity index (χ1n) is 10.8. The molecule has 5 nitrogen and oxygen atoms in total. The Morgan fingerprint density at radius 2 is 1.61 bits per heavy atom. The second kappa shape index (κ2) is 8.17. The minimum absolute atomic E-state index is 0.00732. The molecule has 0 saturated carbocycles. The van der Waals surface area contributed by atoms with E-state index >= 15 is 0 Å². The molecular formula is C25H32N2O3Si. The Labute approximate surface area is 186 Å². The Morgan fingerprint density at radius 3 is 2.19 bits per heavy atom. The fraction of sp³-hybridized carbons (Fsp3) is 0.400. The third-order valence-electron chi connectivity index (χ3n) is 6.47. The van der Waals surface area contributed by atoms with Crippen LogP contribution in [0.15, 0.2) is 65.9 Å². The van der Waals surface area contributed by atoms with E-state index in [1.165, 1.54) is 5.20 Å². The standard InChI is InChI=1S/C25H32N2O3Si/c1-17-23(18-10-8-7-9-11-18)27(25(28)26(17)2)22-16-21(31(4,5)6)24(30-22)19-12-14-20(29-3)15-13-19/h7-17,22-24H,1-6H3/t17-,22?,23-,24-/m0/s1. The van der Waals surface area contributed by atoms with Crippen LogP contribution < -0.4 is 4.74 Å². The number of likely N-dealkylation sites (N-methyl/N-ethyl adjacent to an activating group) is 1. The van der Waals surface area contributed by atoms with Crippen LogP contribution >= 0.6 is 0 Å². The minimum atomic E-state index is -1.69. The van der Waals surface area contributed by atoms with Gasteiger partial charge in [0.05, 0.1) is 27.3 Å². The molecule has 2 aliphatic heterocycles. The summed E-state index contributed by atoms with van der Waals surface area (Å²) in [6.45, 7) is 9.09. The van der Waals surface area contributed by atoms with Crippen molar-refractivity contribution in [2.45, 2.75) is 51.0 Å². The average Bonchev–Trinajstić information content (AvgIpc) is 3.30. The van der Waals surface area contributed by atoms with Crippen LogP contribution in [0.1, 0.15) is 30.2 Å². The third kappa shape index (κ3) is 3.90. The van der Waals surface area contributed by atoms with Gasteiger partial charge in [-0.05, 0) is 41.5 Å². The molecule has 2 aliphatic rings. The van der Waals surface area contributed by atoms with Crippen LogP contribution in [0, 0.1) is 0 Å². The second-order valence-electron chi connectivity index (χ2n) is 9.45. The van der Waals surface area contributed by atoms with Gasteiger partial charge in [0.15, 0.2) is 6.23 Å². The fourth-order valence-corrected chi connectivity index (χ4v) is 6.26. The van der Waals surface area contributed by atoms with Gasteiger partial charge >= 0.3 is 6.03 Å². The van der Waals surface area contributed by atoms with Crippen molar-refractivity contribution in [3.63, 3.8) is 0 Å². The van der Waals surface area contributed by atoms with Crippen LogP contribution in [0.4, 0.5) is 4.79 Å². The largest absolute Gasteiger partial charge is 0.497 e. The molecule has 1 saturated heterocycles. The molecule has 1 unspecified atom stereocenters. The van der Waals surface area contributed by atoms with Gasteiger partial charge in [-0.25, -0.2) is 4.79 Å². The number of rotatable bonds is 5. The molecule has 0 spiro atoms. The maximum absolute atomic E-state index is 13.3. The average molecular weight is 437 g/mol. The molecule has 0 aliphatic carbocycles. The van der Waals surface area contributed by atoms with E-state index in [-0.39, 0.29) is 30.4 Å². The van der Waals surface area contributed by atoms with Crippen molar-refractivity contribution in [1.29, 1.82) is 0 Å². The van der Waals surface area contributed by atoms with Crippen molar-refractivity contribution in [3.05, 3.63) is 77.0 Å². The van der Waals surface area contributed by atoms with Crippen molar-refractivity contribution in [2.24, 2.45) is 0 Å². The highest BCUT2D eigenvalue weighted by molar-refractivity contribution is 6.83. The predicted molar refractivity (Wildman–Crippen MR) is 126 cm³/mol. The van der Waals surface area contributed by atoms with E-state index in [4.69, 9.17) is 9.47 Å². The first-order chi connectivity index (χ1) is 14.7. The van der Waals surface area contributed by atoms with Crippen LogP contribution in [0.25, 0.3) is 0 Å². The van der Waals surface area contributed by atoms with Crippen LogP contribution in [0.2, 0.25) is 19.6 Å². The lowest BCUT2D eigenvalue weighted by molar-refractivity contribution is -0.0302. The molecular weight excluding hydrogens is 404 g/mol. The first kappa shape index (κ1) is 21.7. The summed E-state index contributed by atoms with van der Waals surface area (Å²) in [5, 5.41) is 1.32. The Balaban J connectivity index is 1.72. The highest BCUT2D eigenvalue weighted by Crippen LogP contribution is 2.44. The zero-order valence-electron chi connectivity index (χ0n) is 19.2. The molecule has 0 radical (unpaired) electrons. The number of hydrogen-bond donors (Lipinski definition) is 0. The summed E-state index contributed by atoms with van der Waals surface area (Å²) in [5.74, 6) is 0.825. The van der Waals surface area contributed by atoms with E-state index in [1.807, 2.05) is 47.2 Å². The highest BCUT2D eigenvalue weighted by Gasteiger charge is 2.48. The zero-order valence-corrected chi connectivity index (χ0v) is 20.2. The van der Waals surface area contributed by atoms with Crippen molar-refractivity contribution >= 4 is 14.1 Å². The van der Waals surface area contributed by atoms with Gasteiger partial charge in [-0.15, -0.1) is 0 Å². The topological polar surface area (TPSA) is 42.0 Å².